The van der Waals surface area contributed by atoms with Gasteiger partial charge >= 0.3 is 0 Å². The quantitative estimate of drug-likeness (QED) is 0.829. The predicted molar refractivity (Wildman–Crippen MR) is 104 cm³/mol. The minimum Gasteiger partial charge on any atom is -0.336 e. The van der Waals surface area contributed by atoms with Crippen LogP contribution in [0.5, 0.6) is 0 Å². The van der Waals surface area contributed by atoms with Crippen molar-refractivity contribution in [2.75, 3.05) is 17.1 Å². The zero-order valence-corrected chi connectivity index (χ0v) is 16.2. The van der Waals surface area contributed by atoms with E-state index < -0.39 is 16.1 Å². The molecule has 0 unspecified atom stereocenters. The van der Waals surface area contributed by atoms with Crippen LogP contribution in [0.4, 0.5) is 5.69 Å². The summed E-state index contributed by atoms with van der Waals surface area (Å²) in [4.78, 5) is 14.8. The number of carbonyl (C=O) groups is 1. The van der Waals surface area contributed by atoms with Crippen LogP contribution in [0, 0.1) is 6.92 Å². The molecule has 1 aliphatic heterocycles. The minimum atomic E-state index is -3.59. The predicted octanol–water partition coefficient (Wildman–Crippen LogP) is 2.73. The third-order valence-electron chi connectivity index (χ3n) is 4.76. The third kappa shape index (κ3) is 3.75. The first kappa shape index (κ1) is 18.5. The molecule has 0 saturated carbocycles. The Labute approximate surface area is 155 Å². The summed E-state index contributed by atoms with van der Waals surface area (Å²) < 4.78 is 26.1. The molecule has 6 heteroatoms. The molecule has 1 aliphatic rings. The molecule has 2 aromatic rings. The minimum absolute atomic E-state index is 0.175. The second-order valence-corrected chi connectivity index (χ2v) is 8.71. The lowest BCUT2D eigenvalue weighted by molar-refractivity contribution is -0.132. The molecule has 1 atom stereocenters. The van der Waals surface area contributed by atoms with Crippen LogP contribution in [0.2, 0.25) is 0 Å². The van der Waals surface area contributed by atoms with Gasteiger partial charge in [-0.15, -0.1) is 0 Å². The number of amides is 1. The van der Waals surface area contributed by atoms with Crippen LogP contribution < -0.4 is 4.31 Å². The third-order valence-corrected chi connectivity index (χ3v) is 6.01. The number of carbonyl (C=O) groups excluding carboxylic acids is 1. The molecule has 0 fully saturated rings. The first-order valence-corrected chi connectivity index (χ1v) is 10.5. The first-order chi connectivity index (χ1) is 12.3. The van der Waals surface area contributed by atoms with Crippen LogP contribution in [0.3, 0.4) is 0 Å². The molecule has 0 aliphatic carbocycles. The van der Waals surface area contributed by atoms with Gasteiger partial charge in [-0.05, 0) is 49.1 Å². The van der Waals surface area contributed by atoms with E-state index in [1.807, 2.05) is 31.2 Å². The number of fused-ring (bicyclic) bond motifs is 1. The lowest BCUT2D eigenvalue weighted by Crippen LogP contribution is -2.50. The number of hydrogen-bond acceptors (Lipinski definition) is 3. The molecule has 0 radical (unpaired) electrons. The summed E-state index contributed by atoms with van der Waals surface area (Å²) in [7, 11) is -3.59. The number of anilines is 1. The lowest BCUT2D eigenvalue weighted by Gasteiger charge is -2.35. The van der Waals surface area contributed by atoms with E-state index in [1.165, 1.54) is 9.87 Å². The number of rotatable bonds is 4. The van der Waals surface area contributed by atoms with Crippen molar-refractivity contribution in [3.05, 3.63) is 65.2 Å². The summed E-state index contributed by atoms with van der Waals surface area (Å²) in [6.07, 6.45) is 1.93. The Bertz CT molecular complexity index is 924. The Kier molecular flexibility index (Phi) is 5.05. The standard InChI is InChI=1S/C20H24N2O3S/c1-15-7-6-10-19(13-15)22(26(3,24)25)16(2)20(23)21-12-11-17-8-4-5-9-18(17)14-21/h4-10,13,16H,11-12,14H2,1-3H3/t16-/m1/s1. The van der Waals surface area contributed by atoms with E-state index in [2.05, 4.69) is 6.07 Å². The molecular formula is C20H24N2O3S. The van der Waals surface area contributed by atoms with Crippen LogP contribution in [0.15, 0.2) is 48.5 Å². The van der Waals surface area contributed by atoms with Crippen molar-refractivity contribution in [3.63, 3.8) is 0 Å². The van der Waals surface area contributed by atoms with Crippen molar-refractivity contribution >= 4 is 21.6 Å². The van der Waals surface area contributed by atoms with Crippen molar-refractivity contribution in [2.24, 2.45) is 0 Å². The van der Waals surface area contributed by atoms with Gasteiger partial charge in [0.15, 0.2) is 0 Å². The van der Waals surface area contributed by atoms with Crippen LogP contribution in [0.25, 0.3) is 0 Å². The Hall–Kier alpha value is -2.34. The van der Waals surface area contributed by atoms with Crippen molar-refractivity contribution < 1.29 is 13.2 Å². The number of benzene rings is 2. The van der Waals surface area contributed by atoms with E-state index in [-0.39, 0.29) is 5.91 Å². The summed E-state index contributed by atoms with van der Waals surface area (Å²) in [5.74, 6) is -0.175. The summed E-state index contributed by atoms with van der Waals surface area (Å²) >= 11 is 0. The summed E-state index contributed by atoms with van der Waals surface area (Å²) in [5.41, 5.74) is 3.84. The highest BCUT2D eigenvalue weighted by molar-refractivity contribution is 7.92. The maximum atomic E-state index is 13.1. The van der Waals surface area contributed by atoms with Gasteiger partial charge < -0.3 is 4.90 Å². The van der Waals surface area contributed by atoms with Crippen LogP contribution >= 0.6 is 0 Å². The maximum Gasteiger partial charge on any atom is 0.246 e. The van der Waals surface area contributed by atoms with Crippen molar-refractivity contribution in [1.29, 1.82) is 0 Å². The van der Waals surface area contributed by atoms with Crippen LogP contribution in [0.1, 0.15) is 23.6 Å². The fraction of sp³-hybridized carbons (Fsp3) is 0.350. The van der Waals surface area contributed by atoms with Crippen LogP contribution in [-0.4, -0.2) is 38.1 Å². The number of sulfonamides is 1. The SMILES string of the molecule is Cc1cccc(N([C@H](C)C(=O)N2CCc3ccccc3C2)S(C)(=O)=O)c1. The van der Waals surface area contributed by atoms with Crippen molar-refractivity contribution in [3.8, 4) is 0 Å². The molecule has 1 amide bonds. The van der Waals surface area contributed by atoms with Gasteiger partial charge in [-0.25, -0.2) is 8.42 Å². The molecule has 138 valence electrons. The number of nitrogens with zero attached hydrogens (tertiary/aromatic N) is 2. The average molecular weight is 372 g/mol. The zero-order valence-electron chi connectivity index (χ0n) is 15.3. The Morgan fingerprint density at radius 3 is 2.46 bits per heavy atom. The number of hydrogen-bond donors (Lipinski definition) is 0. The Morgan fingerprint density at radius 1 is 1.12 bits per heavy atom. The monoisotopic (exact) mass is 372 g/mol. The van der Waals surface area contributed by atoms with Gasteiger partial charge in [0.1, 0.15) is 6.04 Å². The molecule has 0 saturated heterocycles. The van der Waals surface area contributed by atoms with Gasteiger partial charge in [0.05, 0.1) is 11.9 Å². The van der Waals surface area contributed by atoms with E-state index in [9.17, 15) is 13.2 Å². The van der Waals surface area contributed by atoms with E-state index in [0.717, 1.165) is 23.8 Å². The second-order valence-electron chi connectivity index (χ2n) is 6.85. The maximum absolute atomic E-state index is 13.1. The van der Waals surface area contributed by atoms with E-state index in [4.69, 9.17) is 0 Å². The van der Waals surface area contributed by atoms with Crippen molar-refractivity contribution in [1.82, 2.24) is 4.90 Å². The highest BCUT2D eigenvalue weighted by Crippen LogP contribution is 2.25. The lowest BCUT2D eigenvalue weighted by atomic mass is 9.99. The van der Waals surface area contributed by atoms with E-state index in [0.29, 0.717) is 18.8 Å². The average Bonchev–Trinajstić information content (AvgIpc) is 2.59. The molecule has 0 spiro atoms. The number of aryl methyl sites for hydroxylation is 1. The van der Waals surface area contributed by atoms with Gasteiger partial charge in [-0.1, -0.05) is 36.4 Å². The first-order valence-electron chi connectivity index (χ1n) is 8.69. The molecule has 0 aromatic heterocycles. The summed E-state index contributed by atoms with van der Waals surface area (Å²) in [6, 6.07) is 14.5. The molecule has 2 aromatic carbocycles. The largest absolute Gasteiger partial charge is 0.336 e. The van der Waals surface area contributed by atoms with Gasteiger partial charge in [0.2, 0.25) is 15.9 Å². The Morgan fingerprint density at radius 2 is 1.81 bits per heavy atom. The fourth-order valence-electron chi connectivity index (χ4n) is 3.52. The molecule has 26 heavy (non-hydrogen) atoms. The van der Waals surface area contributed by atoms with Gasteiger partial charge in [0, 0.05) is 13.1 Å². The van der Waals surface area contributed by atoms with E-state index in [1.54, 1.807) is 30.0 Å². The van der Waals surface area contributed by atoms with Gasteiger partial charge in [-0.2, -0.15) is 0 Å². The Balaban J connectivity index is 1.88. The fourth-order valence-corrected chi connectivity index (χ4v) is 4.68. The van der Waals surface area contributed by atoms with Gasteiger partial charge in [-0.3, -0.25) is 9.10 Å². The van der Waals surface area contributed by atoms with Gasteiger partial charge in [0.25, 0.3) is 0 Å². The highest BCUT2D eigenvalue weighted by atomic mass is 32.2. The van der Waals surface area contributed by atoms with Crippen molar-refractivity contribution in [2.45, 2.75) is 32.9 Å². The van der Waals surface area contributed by atoms with Crippen LogP contribution in [-0.2, 0) is 27.8 Å². The molecule has 5 nitrogen and oxygen atoms in total. The molecular weight excluding hydrogens is 348 g/mol. The zero-order chi connectivity index (χ0) is 18.9. The topological polar surface area (TPSA) is 57.7 Å². The molecule has 0 N–H and O–H groups in total. The molecule has 0 bridgehead atoms. The van der Waals surface area contributed by atoms with E-state index >= 15 is 0 Å². The summed E-state index contributed by atoms with van der Waals surface area (Å²) in [6.45, 7) is 4.68. The molecule has 3 rings (SSSR count). The highest BCUT2D eigenvalue weighted by Gasteiger charge is 2.33. The smallest absolute Gasteiger partial charge is 0.246 e. The second kappa shape index (κ2) is 7.11. The normalized spacial score (nSPS) is 15.3. The summed E-state index contributed by atoms with van der Waals surface area (Å²) in [5, 5.41) is 0. The molecule has 1 heterocycles.